The monoisotopic (exact) mass is 284 g/mol. The van der Waals surface area contributed by atoms with E-state index in [1.54, 1.807) is 0 Å². The third-order valence-corrected chi connectivity index (χ3v) is 4.34. The number of hydrogen-bond donors (Lipinski definition) is 3. The topological polar surface area (TPSA) is 78.4 Å². The van der Waals surface area contributed by atoms with Crippen LogP contribution in [-0.2, 0) is 4.79 Å². The molecule has 1 rings (SSSR count). The molecule has 1 fully saturated rings. The molecule has 0 spiro atoms. The molecule has 0 saturated heterocycles. The largest absolute Gasteiger partial charge is 0.481 e. The average molecular weight is 284 g/mol. The van der Waals surface area contributed by atoms with Gasteiger partial charge in [-0.2, -0.15) is 0 Å². The van der Waals surface area contributed by atoms with Crippen molar-refractivity contribution in [1.29, 1.82) is 0 Å². The van der Waals surface area contributed by atoms with Gasteiger partial charge in [0.05, 0.1) is 0 Å². The standard InChI is InChI=1S/C15H28N2O3/c1-11(2)12(5-6-13(18)19)7-10-16-14(20)17-15(3)8-4-9-15/h11-12H,4-10H2,1-3H3,(H,18,19)(H2,16,17,20). The summed E-state index contributed by atoms with van der Waals surface area (Å²) in [5.41, 5.74) is -0.0230. The fourth-order valence-corrected chi connectivity index (χ4v) is 2.64. The molecule has 5 nitrogen and oxygen atoms in total. The minimum Gasteiger partial charge on any atom is -0.481 e. The van der Waals surface area contributed by atoms with Crippen LogP contribution in [0.25, 0.3) is 0 Å². The van der Waals surface area contributed by atoms with Gasteiger partial charge in [0.1, 0.15) is 0 Å². The number of amides is 2. The van der Waals surface area contributed by atoms with Crippen molar-refractivity contribution in [2.24, 2.45) is 11.8 Å². The second kappa shape index (κ2) is 7.50. The summed E-state index contributed by atoms with van der Waals surface area (Å²) in [6, 6.07) is -0.104. The van der Waals surface area contributed by atoms with Gasteiger partial charge in [-0.3, -0.25) is 4.79 Å². The van der Waals surface area contributed by atoms with E-state index in [9.17, 15) is 9.59 Å². The highest BCUT2D eigenvalue weighted by molar-refractivity contribution is 5.74. The first-order valence-electron chi connectivity index (χ1n) is 7.60. The van der Waals surface area contributed by atoms with Gasteiger partial charge < -0.3 is 15.7 Å². The molecule has 0 aliphatic heterocycles. The lowest BCUT2D eigenvalue weighted by molar-refractivity contribution is -0.137. The third-order valence-electron chi connectivity index (χ3n) is 4.34. The first-order chi connectivity index (χ1) is 9.32. The van der Waals surface area contributed by atoms with Crippen molar-refractivity contribution < 1.29 is 14.7 Å². The number of aliphatic carboxylic acids is 1. The lowest BCUT2D eigenvalue weighted by atomic mass is 9.79. The number of carboxylic acid groups (broad SMARTS) is 1. The van der Waals surface area contributed by atoms with Crippen LogP contribution < -0.4 is 10.6 Å². The molecule has 116 valence electrons. The van der Waals surface area contributed by atoms with Crippen LogP contribution in [0, 0.1) is 11.8 Å². The summed E-state index contributed by atoms with van der Waals surface area (Å²) in [4.78, 5) is 22.4. The number of carbonyl (C=O) groups excluding carboxylic acids is 1. The lowest BCUT2D eigenvalue weighted by Crippen LogP contribution is -2.54. The second-order valence-corrected chi connectivity index (χ2v) is 6.52. The summed E-state index contributed by atoms with van der Waals surface area (Å²) in [7, 11) is 0. The minimum atomic E-state index is -0.751. The summed E-state index contributed by atoms with van der Waals surface area (Å²) in [5, 5.41) is 14.6. The Balaban J connectivity index is 2.22. The van der Waals surface area contributed by atoms with Crippen LogP contribution in [0.2, 0.25) is 0 Å². The van der Waals surface area contributed by atoms with Gasteiger partial charge in [0.2, 0.25) is 0 Å². The van der Waals surface area contributed by atoms with E-state index in [1.807, 2.05) is 0 Å². The van der Waals surface area contributed by atoms with E-state index in [0.29, 0.717) is 24.8 Å². The molecule has 20 heavy (non-hydrogen) atoms. The highest BCUT2D eigenvalue weighted by atomic mass is 16.4. The van der Waals surface area contributed by atoms with Crippen LogP contribution >= 0.6 is 0 Å². The van der Waals surface area contributed by atoms with E-state index in [4.69, 9.17) is 5.11 Å². The molecule has 0 radical (unpaired) electrons. The van der Waals surface area contributed by atoms with E-state index in [1.165, 1.54) is 6.42 Å². The molecule has 3 N–H and O–H groups in total. The highest BCUT2D eigenvalue weighted by Crippen LogP contribution is 2.30. The maximum absolute atomic E-state index is 11.8. The normalized spacial score (nSPS) is 18.2. The van der Waals surface area contributed by atoms with Crippen molar-refractivity contribution in [3.8, 4) is 0 Å². The van der Waals surface area contributed by atoms with Gasteiger partial charge in [-0.05, 0) is 50.9 Å². The number of carbonyl (C=O) groups is 2. The Morgan fingerprint density at radius 3 is 2.35 bits per heavy atom. The number of rotatable bonds is 8. The Bertz CT molecular complexity index is 338. The molecule has 5 heteroatoms. The Morgan fingerprint density at radius 2 is 1.90 bits per heavy atom. The smallest absolute Gasteiger partial charge is 0.315 e. The summed E-state index contributed by atoms with van der Waals surface area (Å²) >= 11 is 0. The van der Waals surface area contributed by atoms with Gasteiger partial charge in [0, 0.05) is 18.5 Å². The first kappa shape index (κ1) is 16.8. The van der Waals surface area contributed by atoms with Crippen LogP contribution in [0.1, 0.15) is 59.3 Å². The Kier molecular flexibility index (Phi) is 6.30. The molecule has 1 aliphatic rings. The molecule has 0 aromatic carbocycles. The van der Waals surface area contributed by atoms with E-state index >= 15 is 0 Å². The minimum absolute atomic E-state index is 0.0230. The Morgan fingerprint density at radius 1 is 1.25 bits per heavy atom. The molecule has 2 amide bonds. The van der Waals surface area contributed by atoms with E-state index in [0.717, 1.165) is 19.3 Å². The third kappa shape index (κ3) is 5.80. The maximum atomic E-state index is 11.8. The Labute approximate surface area is 121 Å². The zero-order valence-corrected chi connectivity index (χ0v) is 12.9. The van der Waals surface area contributed by atoms with E-state index in [-0.39, 0.29) is 18.0 Å². The van der Waals surface area contributed by atoms with Crippen LogP contribution in [0.3, 0.4) is 0 Å². The lowest BCUT2D eigenvalue weighted by Gasteiger charge is -2.39. The van der Waals surface area contributed by atoms with Gasteiger partial charge in [0.15, 0.2) is 0 Å². The van der Waals surface area contributed by atoms with Gasteiger partial charge in [-0.15, -0.1) is 0 Å². The quantitative estimate of drug-likeness (QED) is 0.641. The van der Waals surface area contributed by atoms with Crippen molar-refractivity contribution in [1.82, 2.24) is 10.6 Å². The van der Waals surface area contributed by atoms with Crippen LogP contribution in [0.4, 0.5) is 4.79 Å². The first-order valence-corrected chi connectivity index (χ1v) is 7.60. The predicted octanol–water partition coefficient (Wildman–Crippen LogP) is 2.76. The molecule has 1 unspecified atom stereocenters. The molecule has 1 aliphatic carbocycles. The highest BCUT2D eigenvalue weighted by Gasteiger charge is 2.33. The molecule has 0 bridgehead atoms. The number of hydrogen-bond acceptors (Lipinski definition) is 2. The van der Waals surface area contributed by atoms with E-state index < -0.39 is 5.97 Å². The Hall–Kier alpha value is -1.26. The number of carboxylic acids is 1. The molecule has 1 atom stereocenters. The molecule has 0 aromatic rings. The van der Waals surface area contributed by atoms with Crippen LogP contribution in [-0.4, -0.2) is 29.2 Å². The van der Waals surface area contributed by atoms with Gasteiger partial charge in [0.25, 0.3) is 0 Å². The van der Waals surface area contributed by atoms with Crippen molar-refractivity contribution in [2.75, 3.05) is 6.54 Å². The summed E-state index contributed by atoms with van der Waals surface area (Å²) in [6.45, 7) is 6.87. The van der Waals surface area contributed by atoms with Crippen LogP contribution in [0.15, 0.2) is 0 Å². The van der Waals surface area contributed by atoms with E-state index in [2.05, 4.69) is 31.4 Å². The summed E-state index contributed by atoms with van der Waals surface area (Å²) < 4.78 is 0. The zero-order chi connectivity index (χ0) is 15.2. The second-order valence-electron chi connectivity index (χ2n) is 6.52. The number of urea groups is 1. The van der Waals surface area contributed by atoms with Crippen molar-refractivity contribution in [3.63, 3.8) is 0 Å². The zero-order valence-electron chi connectivity index (χ0n) is 12.9. The van der Waals surface area contributed by atoms with Gasteiger partial charge in [-0.25, -0.2) is 4.79 Å². The van der Waals surface area contributed by atoms with Crippen molar-refractivity contribution >= 4 is 12.0 Å². The number of nitrogens with one attached hydrogen (secondary N) is 2. The fourth-order valence-electron chi connectivity index (χ4n) is 2.64. The summed E-state index contributed by atoms with van der Waals surface area (Å²) in [6.07, 6.45) is 4.99. The van der Waals surface area contributed by atoms with Gasteiger partial charge in [-0.1, -0.05) is 13.8 Å². The average Bonchev–Trinajstić information content (AvgIpc) is 2.30. The molecular weight excluding hydrogens is 256 g/mol. The predicted molar refractivity (Wildman–Crippen MR) is 78.6 cm³/mol. The molecular formula is C15H28N2O3. The molecule has 0 aromatic heterocycles. The maximum Gasteiger partial charge on any atom is 0.315 e. The van der Waals surface area contributed by atoms with Crippen LogP contribution in [0.5, 0.6) is 0 Å². The van der Waals surface area contributed by atoms with Gasteiger partial charge >= 0.3 is 12.0 Å². The van der Waals surface area contributed by atoms with Crippen molar-refractivity contribution in [2.45, 2.75) is 64.8 Å². The van der Waals surface area contributed by atoms with Crippen molar-refractivity contribution in [3.05, 3.63) is 0 Å². The fraction of sp³-hybridized carbons (Fsp3) is 0.867. The molecule has 1 saturated carbocycles. The SMILES string of the molecule is CC(C)C(CCNC(=O)NC1(C)CCC1)CCC(=O)O. The molecule has 0 heterocycles. The summed E-state index contributed by atoms with van der Waals surface area (Å²) in [5.74, 6) is 0.0216.